The Bertz CT molecular complexity index is 685. The Hall–Kier alpha value is -2.12. The summed E-state index contributed by atoms with van der Waals surface area (Å²) in [5.41, 5.74) is 1.07. The van der Waals surface area contributed by atoms with Gasteiger partial charge >= 0.3 is 0 Å². The average molecular weight is 344 g/mol. The lowest BCUT2D eigenvalue weighted by Gasteiger charge is -2.35. The molecule has 2 aliphatic rings. The molecule has 0 N–H and O–H groups in total. The van der Waals surface area contributed by atoms with Crippen LogP contribution in [0.1, 0.15) is 24.8 Å². The summed E-state index contributed by atoms with van der Waals surface area (Å²) in [7, 11) is 0. The molecule has 2 saturated heterocycles. The van der Waals surface area contributed by atoms with Gasteiger partial charge < -0.3 is 14.4 Å². The number of ether oxygens (including phenoxy) is 2. The molecule has 3 atom stereocenters. The number of anilines is 1. The van der Waals surface area contributed by atoms with E-state index in [-0.39, 0.29) is 18.2 Å². The van der Waals surface area contributed by atoms with Crippen molar-refractivity contribution in [3.63, 3.8) is 0 Å². The number of hydrogen-bond donors (Lipinski definition) is 0. The molecule has 0 radical (unpaired) electrons. The molecule has 0 amide bonds. The molecule has 0 bridgehead atoms. The van der Waals surface area contributed by atoms with Crippen LogP contribution in [0.3, 0.4) is 0 Å². The van der Waals surface area contributed by atoms with Gasteiger partial charge in [0.25, 0.3) is 0 Å². The van der Waals surface area contributed by atoms with E-state index in [4.69, 9.17) is 9.47 Å². The fourth-order valence-corrected chi connectivity index (χ4v) is 3.61. The topological polar surface area (TPSA) is 60.4 Å². The molecule has 132 valence electrons. The molecular weight excluding hydrogens is 323 g/mol. The molecule has 0 aliphatic carbocycles. The average Bonchev–Trinajstić information content (AvgIpc) is 3.06. The van der Waals surface area contributed by atoms with Crippen LogP contribution in [0.25, 0.3) is 0 Å². The largest absolute Gasteiger partial charge is 0.374 e. The van der Waals surface area contributed by atoms with Crippen molar-refractivity contribution in [2.75, 3.05) is 18.1 Å². The Labute approximate surface area is 146 Å². The van der Waals surface area contributed by atoms with Crippen LogP contribution in [-0.2, 0) is 16.1 Å². The van der Waals surface area contributed by atoms with Gasteiger partial charge in [-0.15, -0.1) is 0 Å². The fourth-order valence-electron chi connectivity index (χ4n) is 3.61. The van der Waals surface area contributed by atoms with E-state index < -0.39 is 5.82 Å². The van der Waals surface area contributed by atoms with E-state index >= 15 is 0 Å². The van der Waals surface area contributed by atoms with E-state index in [0.29, 0.717) is 19.2 Å². The van der Waals surface area contributed by atoms with Crippen LogP contribution in [0.2, 0.25) is 0 Å². The minimum atomic E-state index is -0.412. The van der Waals surface area contributed by atoms with Gasteiger partial charge in [0.2, 0.25) is 5.95 Å². The number of nitrogens with zero attached hydrogens (tertiary/aromatic N) is 4. The molecule has 2 aromatic heterocycles. The number of hydrogen-bond acceptors (Lipinski definition) is 6. The lowest BCUT2D eigenvalue weighted by Crippen LogP contribution is -2.44. The summed E-state index contributed by atoms with van der Waals surface area (Å²) in [4.78, 5) is 14.4. The van der Waals surface area contributed by atoms with Crippen molar-refractivity contribution in [2.24, 2.45) is 0 Å². The summed E-state index contributed by atoms with van der Waals surface area (Å²) in [6, 6.07) is 4.17. The first-order valence-corrected chi connectivity index (χ1v) is 8.66. The highest BCUT2D eigenvalue weighted by molar-refractivity contribution is 5.34. The van der Waals surface area contributed by atoms with Crippen LogP contribution in [0.15, 0.2) is 36.9 Å². The third kappa shape index (κ3) is 3.77. The van der Waals surface area contributed by atoms with E-state index in [0.717, 1.165) is 31.4 Å². The molecule has 2 fully saturated rings. The van der Waals surface area contributed by atoms with Crippen LogP contribution in [0, 0.1) is 5.82 Å². The van der Waals surface area contributed by atoms with Crippen molar-refractivity contribution in [1.82, 2.24) is 15.0 Å². The Morgan fingerprint density at radius 3 is 2.88 bits per heavy atom. The second kappa shape index (κ2) is 7.41. The minimum absolute atomic E-state index is 0.118. The van der Waals surface area contributed by atoms with Crippen LogP contribution in [0.4, 0.5) is 10.3 Å². The van der Waals surface area contributed by atoms with Gasteiger partial charge in [0, 0.05) is 18.9 Å². The maximum atomic E-state index is 13.0. The Morgan fingerprint density at radius 1 is 1.20 bits per heavy atom. The third-order valence-corrected chi connectivity index (χ3v) is 4.79. The molecule has 4 rings (SSSR count). The van der Waals surface area contributed by atoms with E-state index in [1.807, 2.05) is 18.3 Å². The quantitative estimate of drug-likeness (QED) is 0.830. The van der Waals surface area contributed by atoms with Crippen molar-refractivity contribution in [3.05, 3.63) is 48.3 Å². The molecule has 0 unspecified atom stereocenters. The highest BCUT2D eigenvalue weighted by atomic mass is 19.1. The molecule has 0 aromatic carbocycles. The zero-order valence-corrected chi connectivity index (χ0v) is 13.9. The summed E-state index contributed by atoms with van der Waals surface area (Å²) in [5.74, 6) is 0.175. The first-order chi connectivity index (χ1) is 12.3. The Kier molecular flexibility index (Phi) is 4.85. The summed E-state index contributed by atoms with van der Waals surface area (Å²) in [5, 5.41) is 0. The zero-order chi connectivity index (χ0) is 17.1. The molecular formula is C18H21FN4O2. The predicted octanol–water partition coefficient (Wildman–Crippen LogP) is 2.35. The molecule has 0 spiro atoms. The monoisotopic (exact) mass is 344 g/mol. The normalized spacial score (nSPS) is 25.8. The molecule has 2 aromatic rings. The maximum absolute atomic E-state index is 13.0. The molecule has 0 saturated carbocycles. The van der Waals surface area contributed by atoms with Crippen LogP contribution < -0.4 is 4.90 Å². The van der Waals surface area contributed by atoms with Gasteiger partial charge in [0.05, 0.1) is 43.9 Å². The maximum Gasteiger partial charge on any atom is 0.225 e. The number of fused-ring (bicyclic) bond motifs is 1. The number of aromatic nitrogens is 3. The van der Waals surface area contributed by atoms with Gasteiger partial charge in [0.15, 0.2) is 5.82 Å². The molecule has 2 aliphatic heterocycles. The number of rotatable bonds is 5. The van der Waals surface area contributed by atoms with Gasteiger partial charge in [0.1, 0.15) is 0 Å². The van der Waals surface area contributed by atoms with E-state index in [1.54, 1.807) is 6.20 Å². The lowest BCUT2D eigenvalue weighted by molar-refractivity contribution is -0.0889. The number of pyridine rings is 1. The van der Waals surface area contributed by atoms with E-state index in [1.165, 1.54) is 12.4 Å². The summed E-state index contributed by atoms with van der Waals surface area (Å²) < 4.78 is 25.0. The lowest BCUT2D eigenvalue weighted by atomic mass is 9.99. The standard InChI is InChI=1S/C18H21FN4O2/c19-14-9-21-18(22-10-14)23-7-5-17-16(23)4-3-15(25-17)12-24-11-13-2-1-6-20-8-13/h1-2,6,8-10,15-17H,3-5,7,11-12H2/t15-,16-,17-/m0/s1. The third-order valence-electron chi connectivity index (χ3n) is 4.79. The first-order valence-electron chi connectivity index (χ1n) is 8.66. The SMILES string of the molecule is Fc1cnc(N2CC[C@@H]3O[C@H](COCc4cccnc4)CC[C@@H]32)nc1. The van der Waals surface area contributed by atoms with Crippen molar-refractivity contribution in [2.45, 2.75) is 44.1 Å². The summed E-state index contributed by atoms with van der Waals surface area (Å²) in [6.07, 6.45) is 9.16. The van der Waals surface area contributed by atoms with Gasteiger partial charge in [-0.25, -0.2) is 14.4 Å². The van der Waals surface area contributed by atoms with Crippen molar-refractivity contribution in [3.8, 4) is 0 Å². The number of halogens is 1. The van der Waals surface area contributed by atoms with Crippen molar-refractivity contribution < 1.29 is 13.9 Å². The summed E-state index contributed by atoms with van der Waals surface area (Å²) >= 11 is 0. The summed E-state index contributed by atoms with van der Waals surface area (Å²) in [6.45, 7) is 1.98. The molecule has 4 heterocycles. The van der Waals surface area contributed by atoms with Gasteiger partial charge in [-0.3, -0.25) is 4.98 Å². The minimum Gasteiger partial charge on any atom is -0.374 e. The Balaban J connectivity index is 1.29. The molecule has 7 heteroatoms. The van der Waals surface area contributed by atoms with Gasteiger partial charge in [-0.1, -0.05) is 6.07 Å². The van der Waals surface area contributed by atoms with Crippen LogP contribution >= 0.6 is 0 Å². The predicted molar refractivity (Wildman–Crippen MR) is 89.5 cm³/mol. The fraction of sp³-hybridized carbons (Fsp3) is 0.500. The molecule has 6 nitrogen and oxygen atoms in total. The van der Waals surface area contributed by atoms with Crippen LogP contribution in [0.5, 0.6) is 0 Å². The first kappa shape index (κ1) is 16.4. The highest BCUT2D eigenvalue weighted by Crippen LogP contribution is 2.33. The Morgan fingerprint density at radius 2 is 2.08 bits per heavy atom. The van der Waals surface area contributed by atoms with Gasteiger partial charge in [-0.05, 0) is 30.9 Å². The van der Waals surface area contributed by atoms with E-state index in [2.05, 4.69) is 19.9 Å². The van der Waals surface area contributed by atoms with Crippen LogP contribution in [-0.4, -0.2) is 46.4 Å². The van der Waals surface area contributed by atoms with Crippen molar-refractivity contribution in [1.29, 1.82) is 0 Å². The van der Waals surface area contributed by atoms with E-state index in [9.17, 15) is 4.39 Å². The highest BCUT2D eigenvalue weighted by Gasteiger charge is 2.40. The van der Waals surface area contributed by atoms with Crippen molar-refractivity contribution >= 4 is 5.95 Å². The van der Waals surface area contributed by atoms with Gasteiger partial charge in [-0.2, -0.15) is 0 Å². The molecule has 25 heavy (non-hydrogen) atoms. The second-order valence-corrected chi connectivity index (χ2v) is 6.50. The second-order valence-electron chi connectivity index (χ2n) is 6.50. The zero-order valence-electron chi connectivity index (χ0n) is 13.9. The smallest absolute Gasteiger partial charge is 0.225 e.